The third-order valence-electron chi connectivity index (χ3n) is 3.66. The fraction of sp³-hybridized carbons (Fsp3) is 0.571. The molecule has 1 aliphatic carbocycles. The van der Waals surface area contributed by atoms with Crippen molar-refractivity contribution < 1.29 is 10.2 Å². The van der Waals surface area contributed by atoms with Crippen molar-refractivity contribution in [2.24, 2.45) is 5.92 Å². The number of para-hydroxylation sites is 1. The molecule has 1 aromatic carbocycles. The number of phenolic OH excluding ortho intramolecular Hbond substituents is 1. The van der Waals surface area contributed by atoms with Crippen LogP contribution in [0.2, 0.25) is 5.02 Å². The number of rotatable bonds is 4. The Hall–Kier alpha value is -0.770. The topological polar surface area (TPSA) is 52.5 Å². The van der Waals surface area contributed by atoms with Crippen LogP contribution < -0.4 is 5.32 Å². The lowest BCUT2D eigenvalue weighted by atomic mass is 9.86. The number of halogens is 1. The first-order valence-corrected chi connectivity index (χ1v) is 6.91. The van der Waals surface area contributed by atoms with E-state index >= 15 is 0 Å². The lowest BCUT2D eigenvalue weighted by Gasteiger charge is -2.27. The average molecular weight is 270 g/mol. The smallest absolute Gasteiger partial charge is 0.138 e. The van der Waals surface area contributed by atoms with Crippen molar-refractivity contribution in [1.29, 1.82) is 0 Å². The summed E-state index contributed by atoms with van der Waals surface area (Å²) in [7, 11) is 0. The largest absolute Gasteiger partial charge is 0.506 e. The molecule has 3 N–H and O–H groups in total. The summed E-state index contributed by atoms with van der Waals surface area (Å²) in [4.78, 5) is 0. The lowest BCUT2D eigenvalue weighted by molar-refractivity contribution is 0.0695. The van der Waals surface area contributed by atoms with E-state index in [-0.39, 0.29) is 11.9 Å². The van der Waals surface area contributed by atoms with Gasteiger partial charge >= 0.3 is 0 Å². The Morgan fingerprint density at radius 1 is 1.28 bits per heavy atom. The molecule has 2 unspecified atom stereocenters. The van der Waals surface area contributed by atoms with Gasteiger partial charge in [-0.05, 0) is 24.8 Å². The number of nitrogens with one attached hydrogen (secondary N) is 1. The van der Waals surface area contributed by atoms with E-state index in [1.54, 1.807) is 6.07 Å². The third-order valence-corrected chi connectivity index (χ3v) is 3.97. The Morgan fingerprint density at radius 3 is 2.83 bits per heavy atom. The van der Waals surface area contributed by atoms with Gasteiger partial charge in [-0.1, -0.05) is 36.6 Å². The molecule has 2 atom stereocenters. The molecule has 1 aliphatic rings. The summed E-state index contributed by atoms with van der Waals surface area (Å²) in [5.41, 5.74) is 0.799. The minimum absolute atomic E-state index is 0.149. The molecule has 0 aromatic heterocycles. The van der Waals surface area contributed by atoms with E-state index in [1.165, 1.54) is 6.42 Å². The Balaban J connectivity index is 1.83. The summed E-state index contributed by atoms with van der Waals surface area (Å²) < 4.78 is 0. The number of aliphatic hydroxyl groups excluding tert-OH is 1. The van der Waals surface area contributed by atoms with Gasteiger partial charge in [0.15, 0.2) is 0 Å². The van der Waals surface area contributed by atoms with E-state index in [2.05, 4.69) is 5.32 Å². The number of phenols is 1. The Bertz CT molecular complexity index is 397. The van der Waals surface area contributed by atoms with E-state index in [0.29, 0.717) is 17.5 Å². The molecule has 1 aromatic rings. The van der Waals surface area contributed by atoms with Crippen LogP contribution in [0.3, 0.4) is 0 Å². The molecule has 0 aliphatic heterocycles. The highest BCUT2D eigenvalue weighted by molar-refractivity contribution is 6.32. The quantitative estimate of drug-likeness (QED) is 0.788. The minimum atomic E-state index is -0.181. The maximum Gasteiger partial charge on any atom is 0.138 e. The van der Waals surface area contributed by atoms with Gasteiger partial charge in [0, 0.05) is 18.7 Å². The first kappa shape index (κ1) is 13.7. The molecule has 18 heavy (non-hydrogen) atoms. The Kier molecular flexibility index (Phi) is 4.87. The minimum Gasteiger partial charge on any atom is -0.506 e. The maximum atomic E-state index is 9.85. The van der Waals surface area contributed by atoms with Gasteiger partial charge in [0.2, 0.25) is 0 Å². The van der Waals surface area contributed by atoms with E-state index in [0.717, 1.165) is 31.4 Å². The number of aliphatic hydroxyl groups is 1. The highest BCUT2D eigenvalue weighted by Gasteiger charge is 2.22. The van der Waals surface area contributed by atoms with Crippen LogP contribution in [0, 0.1) is 5.92 Å². The van der Waals surface area contributed by atoms with Crippen molar-refractivity contribution in [3.05, 3.63) is 28.8 Å². The van der Waals surface area contributed by atoms with Gasteiger partial charge in [0.25, 0.3) is 0 Å². The second kappa shape index (κ2) is 6.41. The van der Waals surface area contributed by atoms with Crippen LogP contribution in [0.4, 0.5) is 0 Å². The molecule has 1 saturated carbocycles. The summed E-state index contributed by atoms with van der Waals surface area (Å²) in [6.07, 6.45) is 4.14. The van der Waals surface area contributed by atoms with Gasteiger partial charge < -0.3 is 15.5 Å². The molecular formula is C14H20ClNO2. The zero-order valence-corrected chi connectivity index (χ0v) is 11.2. The second-order valence-electron chi connectivity index (χ2n) is 4.99. The van der Waals surface area contributed by atoms with E-state index in [4.69, 9.17) is 11.6 Å². The van der Waals surface area contributed by atoms with E-state index < -0.39 is 0 Å². The number of hydrogen-bond donors (Lipinski definition) is 3. The van der Waals surface area contributed by atoms with Crippen LogP contribution in [-0.2, 0) is 6.54 Å². The molecule has 0 heterocycles. The molecule has 0 amide bonds. The van der Waals surface area contributed by atoms with Crippen LogP contribution in [-0.4, -0.2) is 22.9 Å². The predicted octanol–water partition coefficient (Wildman–Crippen LogP) is 2.69. The molecular weight excluding hydrogens is 250 g/mol. The summed E-state index contributed by atoms with van der Waals surface area (Å²) in [5, 5.41) is 23.3. The van der Waals surface area contributed by atoms with Gasteiger partial charge in [-0.2, -0.15) is 0 Å². The van der Waals surface area contributed by atoms with Crippen LogP contribution in [0.5, 0.6) is 5.75 Å². The van der Waals surface area contributed by atoms with Crippen LogP contribution in [0.15, 0.2) is 18.2 Å². The molecule has 4 heteroatoms. The van der Waals surface area contributed by atoms with Crippen molar-refractivity contribution >= 4 is 11.6 Å². The van der Waals surface area contributed by atoms with Crippen LogP contribution in [0.25, 0.3) is 0 Å². The lowest BCUT2D eigenvalue weighted by Crippen LogP contribution is -2.33. The molecule has 2 rings (SSSR count). The van der Waals surface area contributed by atoms with Crippen molar-refractivity contribution in [3.63, 3.8) is 0 Å². The molecule has 0 saturated heterocycles. The first-order valence-electron chi connectivity index (χ1n) is 6.53. The zero-order valence-electron chi connectivity index (χ0n) is 10.4. The molecule has 1 fully saturated rings. The molecule has 0 radical (unpaired) electrons. The molecule has 100 valence electrons. The first-order chi connectivity index (χ1) is 8.68. The van der Waals surface area contributed by atoms with Gasteiger partial charge in [-0.3, -0.25) is 0 Å². The Morgan fingerprint density at radius 2 is 2.06 bits per heavy atom. The van der Waals surface area contributed by atoms with E-state index in [1.807, 2.05) is 12.1 Å². The number of aromatic hydroxyl groups is 1. The molecule has 0 bridgehead atoms. The molecule has 3 nitrogen and oxygen atoms in total. The molecule has 0 spiro atoms. The zero-order chi connectivity index (χ0) is 13.0. The summed E-state index contributed by atoms with van der Waals surface area (Å²) >= 11 is 5.85. The highest BCUT2D eigenvalue weighted by atomic mass is 35.5. The fourth-order valence-corrected chi connectivity index (χ4v) is 2.72. The van der Waals surface area contributed by atoms with Gasteiger partial charge in [-0.15, -0.1) is 0 Å². The second-order valence-corrected chi connectivity index (χ2v) is 5.40. The number of hydrogen-bond acceptors (Lipinski definition) is 3. The van der Waals surface area contributed by atoms with E-state index in [9.17, 15) is 10.2 Å². The van der Waals surface area contributed by atoms with Crippen molar-refractivity contribution in [2.45, 2.75) is 38.3 Å². The van der Waals surface area contributed by atoms with Crippen molar-refractivity contribution in [1.82, 2.24) is 5.32 Å². The predicted molar refractivity (Wildman–Crippen MR) is 72.8 cm³/mol. The average Bonchev–Trinajstić information content (AvgIpc) is 2.37. The fourth-order valence-electron chi connectivity index (χ4n) is 2.52. The summed E-state index contributed by atoms with van der Waals surface area (Å²) in [6.45, 7) is 1.36. The number of benzene rings is 1. The van der Waals surface area contributed by atoms with Crippen molar-refractivity contribution in [2.75, 3.05) is 6.54 Å². The maximum absolute atomic E-state index is 9.85. The van der Waals surface area contributed by atoms with Crippen LogP contribution in [0.1, 0.15) is 31.2 Å². The van der Waals surface area contributed by atoms with Gasteiger partial charge in [0.05, 0.1) is 11.1 Å². The standard InChI is InChI=1S/C14H20ClNO2/c15-12-6-3-5-11(14(12)18)9-16-8-10-4-1-2-7-13(10)17/h3,5-6,10,13,16-18H,1-2,4,7-9H2. The SMILES string of the molecule is Oc1c(Cl)cccc1CNCC1CCCCC1O. The monoisotopic (exact) mass is 269 g/mol. The Labute approximate surface area is 113 Å². The normalized spacial score (nSPS) is 24.1. The third kappa shape index (κ3) is 3.37. The van der Waals surface area contributed by atoms with Gasteiger partial charge in [0.1, 0.15) is 5.75 Å². The van der Waals surface area contributed by atoms with Crippen LogP contribution >= 0.6 is 11.6 Å². The van der Waals surface area contributed by atoms with Gasteiger partial charge in [-0.25, -0.2) is 0 Å². The summed E-state index contributed by atoms with van der Waals surface area (Å²) in [5.74, 6) is 0.482. The van der Waals surface area contributed by atoms with Crippen molar-refractivity contribution in [3.8, 4) is 5.75 Å². The highest BCUT2D eigenvalue weighted by Crippen LogP contribution is 2.27. The summed E-state index contributed by atoms with van der Waals surface area (Å²) in [6, 6.07) is 5.35.